The minimum absolute atomic E-state index is 0.127. The first-order valence-electron chi connectivity index (χ1n) is 7.48. The maximum Gasteiger partial charge on any atom is 0.248 e. The molecule has 1 aliphatic heterocycles. The Labute approximate surface area is 121 Å². The Morgan fingerprint density at radius 3 is 2.65 bits per heavy atom. The predicted molar refractivity (Wildman–Crippen MR) is 80.6 cm³/mol. The highest BCUT2D eigenvalue weighted by Gasteiger charge is 2.20. The topological polar surface area (TPSA) is 29.5 Å². The Bertz CT molecular complexity index is 462. The molecule has 1 amide bonds. The molecule has 0 aromatic heterocycles. The third kappa shape index (κ3) is 4.07. The number of ether oxygens (including phenoxy) is 1. The van der Waals surface area contributed by atoms with Crippen LogP contribution >= 0.6 is 0 Å². The third-order valence-corrected chi connectivity index (χ3v) is 4.12. The SMILES string of the molecule is Cc1ccc(COCC(=O)N2CCC(C)CC2)c(C)c1. The van der Waals surface area contributed by atoms with Crippen LogP contribution < -0.4 is 0 Å². The van der Waals surface area contributed by atoms with Gasteiger partial charge in [-0.25, -0.2) is 0 Å². The standard InChI is InChI=1S/C17H25NO2/c1-13-6-8-18(9-7-13)17(19)12-20-11-16-5-4-14(2)10-15(16)3/h4-5,10,13H,6-9,11-12H2,1-3H3. The first-order chi connectivity index (χ1) is 9.56. The van der Waals surface area contributed by atoms with Crippen molar-refractivity contribution in [2.75, 3.05) is 19.7 Å². The maximum absolute atomic E-state index is 12.0. The van der Waals surface area contributed by atoms with Crippen molar-refractivity contribution < 1.29 is 9.53 Å². The van der Waals surface area contributed by atoms with Gasteiger partial charge >= 0.3 is 0 Å². The fourth-order valence-electron chi connectivity index (χ4n) is 2.61. The van der Waals surface area contributed by atoms with Gasteiger partial charge in [-0.05, 0) is 43.7 Å². The summed E-state index contributed by atoms with van der Waals surface area (Å²) in [7, 11) is 0. The van der Waals surface area contributed by atoms with E-state index in [4.69, 9.17) is 4.74 Å². The van der Waals surface area contributed by atoms with Gasteiger partial charge < -0.3 is 9.64 Å². The number of benzene rings is 1. The van der Waals surface area contributed by atoms with E-state index in [-0.39, 0.29) is 12.5 Å². The van der Waals surface area contributed by atoms with E-state index in [1.807, 2.05) is 4.90 Å². The highest BCUT2D eigenvalue weighted by Crippen LogP contribution is 2.16. The van der Waals surface area contributed by atoms with Gasteiger partial charge in [0, 0.05) is 13.1 Å². The summed E-state index contributed by atoms with van der Waals surface area (Å²) in [5.74, 6) is 0.872. The fraction of sp³-hybridized carbons (Fsp3) is 0.588. The fourth-order valence-corrected chi connectivity index (χ4v) is 2.61. The molecule has 0 aliphatic carbocycles. The molecule has 0 unspecified atom stereocenters. The zero-order valence-corrected chi connectivity index (χ0v) is 12.8. The molecule has 0 bridgehead atoms. The molecule has 0 saturated carbocycles. The Morgan fingerprint density at radius 1 is 1.30 bits per heavy atom. The second-order valence-corrected chi connectivity index (χ2v) is 5.99. The highest BCUT2D eigenvalue weighted by molar-refractivity contribution is 5.77. The van der Waals surface area contributed by atoms with Crippen LogP contribution in [0.15, 0.2) is 18.2 Å². The van der Waals surface area contributed by atoms with E-state index in [1.54, 1.807) is 0 Å². The first-order valence-corrected chi connectivity index (χ1v) is 7.48. The molecule has 0 radical (unpaired) electrons. The van der Waals surface area contributed by atoms with E-state index < -0.39 is 0 Å². The average Bonchev–Trinajstić information content (AvgIpc) is 2.42. The van der Waals surface area contributed by atoms with Crippen LogP contribution in [0.2, 0.25) is 0 Å². The molecule has 1 saturated heterocycles. The lowest BCUT2D eigenvalue weighted by Gasteiger charge is -2.30. The molecule has 1 heterocycles. The largest absolute Gasteiger partial charge is 0.367 e. The number of amides is 1. The summed E-state index contributed by atoms with van der Waals surface area (Å²) in [5.41, 5.74) is 3.64. The third-order valence-electron chi connectivity index (χ3n) is 4.12. The van der Waals surface area contributed by atoms with Crippen LogP contribution in [-0.2, 0) is 16.1 Å². The predicted octanol–water partition coefficient (Wildman–Crippen LogP) is 3.08. The zero-order valence-electron chi connectivity index (χ0n) is 12.8. The van der Waals surface area contributed by atoms with E-state index in [9.17, 15) is 4.79 Å². The lowest BCUT2D eigenvalue weighted by Crippen LogP contribution is -2.39. The number of carbonyl (C=O) groups excluding carboxylic acids is 1. The number of hydrogen-bond acceptors (Lipinski definition) is 2. The number of likely N-dealkylation sites (tertiary alicyclic amines) is 1. The smallest absolute Gasteiger partial charge is 0.248 e. The van der Waals surface area contributed by atoms with Crippen molar-refractivity contribution in [1.82, 2.24) is 4.90 Å². The van der Waals surface area contributed by atoms with Crippen molar-refractivity contribution in [3.8, 4) is 0 Å². The summed E-state index contributed by atoms with van der Waals surface area (Å²) in [6.07, 6.45) is 2.23. The van der Waals surface area contributed by atoms with Crippen LogP contribution in [0.5, 0.6) is 0 Å². The quantitative estimate of drug-likeness (QED) is 0.845. The van der Waals surface area contributed by atoms with Gasteiger partial charge in [0.15, 0.2) is 0 Å². The van der Waals surface area contributed by atoms with Crippen LogP contribution in [0.25, 0.3) is 0 Å². The Balaban J connectivity index is 1.76. The average molecular weight is 275 g/mol. The molecule has 3 heteroatoms. The lowest BCUT2D eigenvalue weighted by atomic mass is 9.99. The first kappa shape index (κ1) is 15.0. The summed E-state index contributed by atoms with van der Waals surface area (Å²) in [6.45, 7) is 8.89. The molecule has 0 atom stereocenters. The van der Waals surface area contributed by atoms with Crippen molar-refractivity contribution in [3.05, 3.63) is 34.9 Å². The van der Waals surface area contributed by atoms with Gasteiger partial charge in [-0.15, -0.1) is 0 Å². The number of rotatable bonds is 4. The second kappa shape index (κ2) is 6.89. The minimum Gasteiger partial charge on any atom is -0.367 e. The van der Waals surface area contributed by atoms with Crippen molar-refractivity contribution >= 4 is 5.91 Å². The number of nitrogens with zero attached hydrogens (tertiary/aromatic N) is 1. The van der Waals surface area contributed by atoms with Crippen LogP contribution in [-0.4, -0.2) is 30.5 Å². The normalized spacial score (nSPS) is 16.4. The summed E-state index contributed by atoms with van der Waals surface area (Å²) in [4.78, 5) is 14.0. The Morgan fingerprint density at radius 2 is 2.00 bits per heavy atom. The van der Waals surface area contributed by atoms with Crippen LogP contribution in [0.4, 0.5) is 0 Å². The molecule has 1 aromatic carbocycles. The van der Waals surface area contributed by atoms with E-state index in [1.165, 1.54) is 11.1 Å². The molecule has 1 fully saturated rings. The molecule has 110 valence electrons. The maximum atomic E-state index is 12.0. The van der Waals surface area contributed by atoms with Crippen molar-refractivity contribution in [2.45, 2.75) is 40.2 Å². The number of aryl methyl sites for hydroxylation is 2. The van der Waals surface area contributed by atoms with E-state index in [0.717, 1.165) is 37.4 Å². The Kier molecular flexibility index (Phi) is 5.18. The van der Waals surface area contributed by atoms with Crippen LogP contribution in [0.3, 0.4) is 0 Å². The van der Waals surface area contributed by atoms with Gasteiger partial charge in [-0.1, -0.05) is 30.7 Å². The molecule has 0 spiro atoms. The minimum atomic E-state index is 0.127. The van der Waals surface area contributed by atoms with Gasteiger partial charge in [0.05, 0.1) is 6.61 Å². The van der Waals surface area contributed by atoms with Gasteiger partial charge in [0.25, 0.3) is 0 Å². The van der Waals surface area contributed by atoms with Gasteiger partial charge in [0.2, 0.25) is 5.91 Å². The van der Waals surface area contributed by atoms with E-state index >= 15 is 0 Å². The Hall–Kier alpha value is -1.35. The van der Waals surface area contributed by atoms with E-state index in [2.05, 4.69) is 39.0 Å². The van der Waals surface area contributed by atoms with Gasteiger partial charge in [0.1, 0.15) is 6.61 Å². The molecular formula is C17H25NO2. The zero-order chi connectivity index (χ0) is 14.5. The van der Waals surface area contributed by atoms with Gasteiger partial charge in [-0.2, -0.15) is 0 Å². The van der Waals surface area contributed by atoms with Crippen LogP contribution in [0, 0.1) is 19.8 Å². The van der Waals surface area contributed by atoms with Crippen molar-refractivity contribution in [1.29, 1.82) is 0 Å². The molecule has 20 heavy (non-hydrogen) atoms. The van der Waals surface area contributed by atoms with E-state index in [0.29, 0.717) is 6.61 Å². The number of hydrogen-bond donors (Lipinski definition) is 0. The molecule has 0 N–H and O–H groups in total. The van der Waals surface area contributed by atoms with Gasteiger partial charge in [-0.3, -0.25) is 4.79 Å². The number of carbonyl (C=O) groups is 1. The lowest BCUT2D eigenvalue weighted by molar-refractivity contribution is -0.137. The summed E-state index contributed by atoms with van der Waals surface area (Å²) in [6, 6.07) is 6.31. The molecule has 1 aliphatic rings. The van der Waals surface area contributed by atoms with Crippen molar-refractivity contribution in [2.24, 2.45) is 5.92 Å². The molecular weight excluding hydrogens is 250 g/mol. The summed E-state index contributed by atoms with van der Waals surface area (Å²) >= 11 is 0. The monoisotopic (exact) mass is 275 g/mol. The van der Waals surface area contributed by atoms with Crippen molar-refractivity contribution in [3.63, 3.8) is 0 Å². The molecule has 3 nitrogen and oxygen atoms in total. The van der Waals surface area contributed by atoms with Crippen LogP contribution in [0.1, 0.15) is 36.5 Å². The molecule has 1 aromatic rings. The molecule has 2 rings (SSSR count). The highest BCUT2D eigenvalue weighted by atomic mass is 16.5. The summed E-state index contributed by atoms with van der Waals surface area (Å²) in [5, 5.41) is 0. The summed E-state index contributed by atoms with van der Waals surface area (Å²) < 4.78 is 5.59. The number of piperidine rings is 1. The second-order valence-electron chi connectivity index (χ2n) is 5.99.